The summed E-state index contributed by atoms with van der Waals surface area (Å²) in [6, 6.07) is 10.9. The van der Waals surface area contributed by atoms with Gasteiger partial charge in [0.05, 0.1) is 6.42 Å². The first-order chi connectivity index (χ1) is 9.37. The molecule has 0 radical (unpaired) electrons. The van der Waals surface area contributed by atoms with E-state index in [0.717, 1.165) is 10.8 Å². The lowest BCUT2D eigenvalue weighted by Crippen LogP contribution is -2.24. The van der Waals surface area contributed by atoms with E-state index >= 15 is 0 Å². The Labute approximate surface area is 115 Å². The van der Waals surface area contributed by atoms with Crippen LogP contribution in [0.2, 0.25) is 0 Å². The molecule has 0 fully saturated rings. The first-order valence-electron chi connectivity index (χ1n) is 6.32. The quantitative estimate of drug-likeness (QED) is 0.919. The zero-order valence-electron chi connectivity index (χ0n) is 11.1. The highest BCUT2D eigenvalue weighted by Gasteiger charge is 2.27. The van der Waals surface area contributed by atoms with Gasteiger partial charge in [-0.3, -0.25) is 0 Å². The molecule has 0 aliphatic heterocycles. The van der Waals surface area contributed by atoms with Gasteiger partial charge in [0.2, 0.25) is 0 Å². The maximum absolute atomic E-state index is 12.2. The van der Waals surface area contributed by atoms with Crippen molar-refractivity contribution in [2.45, 2.75) is 19.1 Å². The van der Waals surface area contributed by atoms with Crippen molar-refractivity contribution < 1.29 is 18.3 Å². The summed E-state index contributed by atoms with van der Waals surface area (Å²) in [5, 5.41) is 11.8. The van der Waals surface area contributed by atoms with Gasteiger partial charge in [0, 0.05) is 18.7 Å². The summed E-state index contributed by atoms with van der Waals surface area (Å²) in [5.74, 6) is 0.113. The lowest BCUT2D eigenvalue weighted by Gasteiger charge is -2.19. The number of rotatable bonds is 4. The average Bonchev–Trinajstić information content (AvgIpc) is 2.39. The van der Waals surface area contributed by atoms with Gasteiger partial charge in [0.25, 0.3) is 0 Å². The fourth-order valence-electron chi connectivity index (χ4n) is 2.16. The smallest absolute Gasteiger partial charge is 0.390 e. The molecule has 0 bridgehead atoms. The largest absolute Gasteiger partial charge is 0.508 e. The van der Waals surface area contributed by atoms with Crippen molar-refractivity contribution in [3.63, 3.8) is 0 Å². The molecular weight excluding hydrogens is 267 g/mol. The predicted octanol–water partition coefficient (Wildman–Crippen LogP) is 3.93. The molecule has 2 nitrogen and oxygen atoms in total. The van der Waals surface area contributed by atoms with Crippen molar-refractivity contribution in [2.75, 3.05) is 13.6 Å². The zero-order chi connectivity index (χ0) is 14.8. The lowest BCUT2D eigenvalue weighted by atomic mass is 10.0. The molecule has 1 N–H and O–H groups in total. The number of phenols is 1. The Morgan fingerprint density at radius 3 is 2.50 bits per heavy atom. The van der Waals surface area contributed by atoms with Gasteiger partial charge >= 0.3 is 6.18 Å². The van der Waals surface area contributed by atoms with Crippen LogP contribution in [0.15, 0.2) is 36.4 Å². The second kappa shape index (κ2) is 5.71. The summed E-state index contributed by atoms with van der Waals surface area (Å²) in [6.45, 7) is 0.190. The highest BCUT2D eigenvalue weighted by molar-refractivity contribution is 5.87. The molecule has 0 atom stereocenters. The molecular formula is C15H16F3NO. The molecule has 2 aromatic carbocycles. The third-order valence-electron chi connectivity index (χ3n) is 3.22. The van der Waals surface area contributed by atoms with Crippen LogP contribution in [0.5, 0.6) is 5.75 Å². The number of benzene rings is 2. The van der Waals surface area contributed by atoms with E-state index in [4.69, 9.17) is 0 Å². The van der Waals surface area contributed by atoms with E-state index in [9.17, 15) is 18.3 Å². The Bertz CT molecular complexity index is 595. The molecule has 0 aromatic heterocycles. The normalized spacial score (nSPS) is 12.2. The fourth-order valence-corrected chi connectivity index (χ4v) is 2.16. The first-order valence-corrected chi connectivity index (χ1v) is 6.32. The van der Waals surface area contributed by atoms with E-state index in [0.29, 0.717) is 5.56 Å². The highest BCUT2D eigenvalue weighted by Crippen LogP contribution is 2.28. The number of alkyl halides is 3. The van der Waals surface area contributed by atoms with Gasteiger partial charge in [-0.2, -0.15) is 13.2 Å². The van der Waals surface area contributed by atoms with Crippen LogP contribution in [0, 0.1) is 0 Å². The summed E-state index contributed by atoms with van der Waals surface area (Å²) in [6.07, 6.45) is -5.01. The van der Waals surface area contributed by atoms with Crippen molar-refractivity contribution >= 4 is 10.8 Å². The van der Waals surface area contributed by atoms with Gasteiger partial charge in [-0.05, 0) is 23.9 Å². The molecule has 5 heteroatoms. The van der Waals surface area contributed by atoms with E-state index in [1.165, 1.54) is 0 Å². The van der Waals surface area contributed by atoms with E-state index < -0.39 is 12.6 Å². The third-order valence-corrected chi connectivity index (χ3v) is 3.22. The minimum Gasteiger partial charge on any atom is -0.508 e. The average molecular weight is 283 g/mol. The van der Waals surface area contributed by atoms with Gasteiger partial charge in [0.15, 0.2) is 0 Å². The van der Waals surface area contributed by atoms with E-state index in [1.807, 2.05) is 24.3 Å². The van der Waals surface area contributed by atoms with Crippen LogP contribution in [0.4, 0.5) is 13.2 Å². The van der Waals surface area contributed by atoms with Crippen LogP contribution in [0.25, 0.3) is 10.8 Å². The van der Waals surface area contributed by atoms with Crippen LogP contribution >= 0.6 is 0 Å². The minimum absolute atomic E-state index is 0.0911. The van der Waals surface area contributed by atoms with Crippen molar-refractivity contribution in [3.05, 3.63) is 42.0 Å². The van der Waals surface area contributed by atoms with Crippen LogP contribution in [-0.4, -0.2) is 29.8 Å². The molecule has 0 spiro atoms. The van der Waals surface area contributed by atoms with E-state index in [2.05, 4.69) is 0 Å². The lowest BCUT2D eigenvalue weighted by molar-refractivity contribution is -0.137. The van der Waals surface area contributed by atoms with Crippen LogP contribution in [0.1, 0.15) is 12.0 Å². The number of halogens is 3. The predicted molar refractivity (Wildman–Crippen MR) is 72.6 cm³/mol. The monoisotopic (exact) mass is 283 g/mol. The second-order valence-corrected chi connectivity index (χ2v) is 4.89. The molecule has 0 amide bonds. The standard InChI is InChI=1S/C15H16F3NO/c1-19(9-8-15(16,17)18)10-13-12-5-3-2-4-11(12)6-7-14(13)20/h2-7,20H,8-10H2,1H3. The summed E-state index contributed by atoms with van der Waals surface area (Å²) in [4.78, 5) is 1.56. The molecule has 0 heterocycles. The van der Waals surface area contributed by atoms with Crippen molar-refractivity contribution in [2.24, 2.45) is 0 Å². The summed E-state index contributed by atoms with van der Waals surface area (Å²) in [5.41, 5.74) is 0.660. The maximum Gasteiger partial charge on any atom is 0.390 e. The molecule has 108 valence electrons. The SMILES string of the molecule is CN(CCC(F)(F)F)Cc1c(O)ccc2ccccc12. The third kappa shape index (κ3) is 3.63. The first kappa shape index (κ1) is 14.7. The number of hydrogen-bond donors (Lipinski definition) is 1. The van der Waals surface area contributed by atoms with Gasteiger partial charge in [-0.15, -0.1) is 0 Å². The van der Waals surface area contributed by atoms with Gasteiger partial charge in [-0.1, -0.05) is 30.3 Å². The van der Waals surface area contributed by atoms with Crippen LogP contribution in [0.3, 0.4) is 0 Å². The Morgan fingerprint density at radius 2 is 1.80 bits per heavy atom. The zero-order valence-corrected chi connectivity index (χ0v) is 11.1. The molecule has 0 aliphatic rings. The molecule has 0 saturated carbocycles. The van der Waals surface area contributed by atoms with Gasteiger partial charge in [0.1, 0.15) is 5.75 Å². The van der Waals surface area contributed by atoms with E-state index in [-0.39, 0.29) is 18.8 Å². The highest BCUT2D eigenvalue weighted by atomic mass is 19.4. The Balaban J connectivity index is 2.18. The van der Waals surface area contributed by atoms with Gasteiger partial charge < -0.3 is 10.0 Å². The summed E-state index contributed by atoms with van der Waals surface area (Å²) in [7, 11) is 1.62. The number of nitrogens with zero attached hydrogens (tertiary/aromatic N) is 1. The van der Waals surface area contributed by atoms with Crippen LogP contribution in [-0.2, 0) is 6.54 Å². The summed E-state index contributed by atoms with van der Waals surface area (Å²) < 4.78 is 36.6. The number of aromatic hydroxyl groups is 1. The number of hydrogen-bond acceptors (Lipinski definition) is 2. The maximum atomic E-state index is 12.2. The van der Waals surface area contributed by atoms with Crippen molar-refractivity contribution in [1.29, 1.82) is 0 Å². The molecule has 0 aliphatic carbocycles. The van der Waals surface area contributed by atoms with Crippen LogP contribution < -0.4 is 0 Å². The van der Waals surface area contributed by atoms with Gasteiger partial charge in [-0.25, -0.2) is 0 Å². The molecule has 2 rings (SSSR count). The molecule has 20 heavy (non-hydrogen) atoms. The fraction of sp³-hybridized carbons (Fsp3) is 0.333. The Hall–Kier alpha value is -1.75. The molecule has 0 saturated heterocycles. The Morgan fingerprint density at radius 1 is 1.10 bits per heavy atom. The van der Waals surface area contributed by atoms with Crippen molar-refractivity contribution in [1.82, 2.24) is 4.90 Å². The second-order valence-electron chi connectivity index (χ2n) is 4.89. The molecule has 0 unspecified atom stereocenters. The summed E-state index contributed by atoms with van der Waals surface area (Å²) >= 11 is 0. The topological polar surface area (TPSA) is 23.5 Å². The van der Waals surface area contributed by atoms with E-state index in [1.54, 1.807) is 24.1 Å². The number of phenolic OH excluding ortho intramolecular Hbond substituents is 1. The Kier molecular flexibility index (Phi) is 4.18. The minimum atomic E-state index is -4.16. The van der Waals surface area contributed by atoms with Crippen molar-refractivity contribution in [3.8, 4) is 5.75 Å². The molecule has 2 aromatic rings. The number of fused-ring (bicyclic) bond motifs is 1.